The zero-order valence-electron chi connectivity index (χ0n) is 14.1. The molecule has 0 aromatic rings. The van der Waals surface area contributed by atoms with Gasteiger partial charge in [-0.25, -0.2) is 0 Å². The maximum atomic E-state index is 9.00. The minimum atomic E-state index is -0.833. The van der Waals surface area contributed by atoms with E-state index < -0.39 is 23.9 Å². The number of carbonyl (C=O) groups is 4. The molecule has 0 aromatic carbocycles. The van der Waals surface area contributed by atoms with Gasteiger partial charge in [0.25, 0.3) is 23.9 Å². The standard InChI is InChI=1S/C4H12N2O.4C2H4O2/c1-3(5)7-4(2)6;4*1-2(3)4/h3-4H,5-6H2,1-2H3;4*1H3,(H,3,4). The highest BCUT2D eigenvalue weighted by Gasteiger charge is 1.94. The van der Waals surface area contributed by atoms with Crippen molar-refractivity contribution in [3.8, 4) is 0 Å². The highest BCUT2D eigenvalue weighted by Crippen LogP contribution is 1.81. The van der Waals surface area contributed by atoms with Crippen molar-refractivity contribution < 1.29 is 44.3 Å². The van der Waals surface area contributed by atoms with Crippen LogP contribution in [0.15, 0.2) is 0 Å². The van der Waals surface area contributed by atoms with Crippen LogP contribution in [0.4, 0.5) is 0 Å². The van der Waals surface area contributed by atoms with Crippen molar-refractivity contribution in [1.29, 1.82) is 0 Å². The number of hydrogen-bond acceptors (Lipinski definition) is 7. The monoisotopic (exact) mass is 344 g/mol. The molecule has 0 saturated carbocycles. The van der Waals surface area contributed by atoms with Crippen molar-refractivity contribution in [3.05, 3.63) is 0 Å². The van der Waals surface area contributed by atoms with E-state index in [1.54, 1.807) is 13.8 Å². The predicted octanol–water partition coefficient (Wildman–Crippen LogP) is -0.0240. The molecule has 0 aliphatic carbocycles. The molecule has 0 bridgehead atoms. The molecule has 0 aliphatic rings. The molecule has 8 N–H and O–H groups in total. The van der Waals surface area contributed by atoms with Crippen molar-refractivity contribution in [2.24, 2.45) is 11.5 Å². The summed E-state index contributed by atoms with van der Waals surface area (Å²) in [5.41, 5.74) is 10.4. The summed E-state index contributed by atoms with van der Waals surface area (Å²) >= 11 is 0. The molecule has 23 heavy (non-hydrogen) atoms. The predicted molar refractivity (Wildman–Crippen MR) is 81.6 cm³/mol. The van der Waals surface area contributed by atoms with E-state index in [2.05, 4.69) is 0 Å². The van der Waals surface area contributed by atoms with Crippen molar-refractivity contribution in [3.63, 3.8) is 0 Å². The Kier molecular flexibility index (Phi) is 35.1. The Labute approximate surface area is 134 Å². The molecule has 2 atom stereocenters. The lowest BCUT2D eigenvalue weighted by Crippen LogP contribution is -2.29. The fourth-order valence-electron chi connectivity index (χ4n) is 0.339. The topological polar surface area (TPSA) is 210 Å². The Morgan fingerprint density at radius 1 is 0.652 bits per heavy atom. The summed E-state index contributed by atoms with van der Waals surface area (Å²) in [7, 11) is 0. The zero-order valence-corrected chi connectivity index (χ0v) is 14.1. The van der Waals surface area contributed by atoms with Gasteiger partial charge in [-0.2, -0.15) is 0 Å². The van der Waals surface area contributed by atoms with Crippen LogP contribution in [0.25, 0.3) is 0 Å². The van der Waals surface area contributed by atoms with Crippen molar-refractivity contribution in [2.75, 3.05) is 0 Å². The first kappa shape index (κ1) is 32.6. The first-order valence-electron chi connectivity index (χ1n) is 6.00. The van der Waals surface area contributed by atoms with Gasteiger partial charge in [0.1, 0.15) is 12.5 Å². The summed E-state index contributed by atoms with van der Waals surface area (Å²) in [6, 6.07) is 0. The molecule has 0 heterocycles. The van der Waals surface area contributed by atoms with Gasteiger partial charge >= 0.3 is 0 Å². The van der Waals surface area contributed by atoms with Crippen LogP contribution in [-0.4, -0.2) is 56.8 Å². The van der Waals surface area contributed by atoms with Gasteiger partial charge in [-0.15, -0.1) is 0 Å². The molecule has 11 heteroatoms. The van der Waals surface area contributed by atoms with Crippen molar-refractivity contribution in [2.45, 2.75) is 54.0 Å². The van der Waals surface area contributed by atoms with Crippen LogP contribution in [0.1, 0.15) is 41.5 Å². The summed E-state index contributed by atoms with van der Waals surface area (Å²) in [5.74, 6) is -3.33. The number of nitrogens with two attached hydrogens (primary N) is 2. The first-order chi connectivity index (χ1) is 10.1. The fourth-order valence-corrected chi connectivity index (χ4v) is 0.339. The van der Waals surface area contributed by atoms with Crippen LogP contribution < -0.4 is 11.5 Å². The van der Waals surface area contributed by atoms with Gasteiger partial charge < -0.3 is 36.6 Å². The molecule has 0 saturated heterocycles. The molecule has 0 spiro atoms. The smallest absolute Gasteiger partial charge is 0.300 e. The summed E-state index contributed by atoms with van der Waals surface area (Å²) in [6.07, 6.45) is -0.500. The van der Waals surface area contributed by atoms with Crippen LogP contribution in [0.2, 0.25) is 0 Å². The summed E-state index contributed by atoms with van der Waals surface area (Å²) in [6.45, 7) is 7.81. The maximum Gasteiger partial charge on any atom is 0.300 e. The highest BCUT2D eigenvalue weighted by atomic mass is 16.5. The number of ether oxygens (including phenoxy) is 1. The second-order valence-corrected chi connectivity index (χ2v) is 3.62. The van der Waals surface area contributed by atoms with Gasteiger partial charge in [-0.3, -0.25) is 19.2 Å². The Morgan fingerprint density at radius 3 is 0.739 bits per heavy atom. The van der Waals surface area contributed by atoms with Crippen molar-refractivity contribution in [1.82, 2.24) is 0 Å². The second-order valence-electron chi connectivity index (χ2n) is 3.62. The average Bonchev–Trinajstić information content (AvgIpc) is 2.09. The lowest BCUT2D eigenvalue weighted by molar-refractivity contribution is -0.135. The van der Waals surface area contributed by atoms with Crippen molar-refractivity contribution >= 4 is 23.9 Å². The van der Waals surface area contributed by atoms with Crippen LogP contribution in [0.3, 0.4) is 0 Å². The summed E-state index contributed by atoms with van der Waals surface area (Å²) in [5, 5.41) is 29.7. The normalized spacial score (nSPS) is 10.1. The van der Waals surface area contributed by atoms with E-state index in [0.29, 0.717) is 0 Å². The van der Waals surface area contributed by atoms with Crippen LogP contribution in [-0.2, 0) is 23.9 Å². The maximum absolute atomic E-state index is 9.00. The summed E-state index contributed by atoms with van der Waals surface area (Å²) < 4.78 is 4.81. The lowest BCUT2D eigenvalue weighted by atomic mass is 10.6. The Bertz CT molecular complexity index is 248. The molecule has 0 aliphatic heterocycles. The minimum absolute atomic E-state index is 0.250. The Hall–Kier alpha value is -2.24. The van der Waals surface area contributed by atoms with Gasteiger partial charge in [0.15, 0.2) is 0 Å². The first-order valence-corrected chi connectivity index (χ1v) is 6.00. The average molecular weight is 344 g/mol. The second kappa shape index (κ2) is 24.8. The van der Waals surface area contributed by atoms with E-state index in [-0.39, 0.29) is 12.5 Å². The van der Waals surface area contributed by atoms with Gasteiger partial charge in [0, 0.05) is 27.7 Å². The number of rotatable bonds is 2. The molecule has 0 rings (SSSR count). The summed E-state index contributed by atoms with van der Waals surface area (Å²) in [4.78, 5) is 36.0. The number of hydrogen-bond donors (Lipinski definition) is 6. The molecule has 0 fully saturated rings. The zero-order chi connectivity index (χ0) is 20.2. The quantitative estimate of drug-likeness (QED) is 0.366. The minimum Gasteiger partial charge on any atom is -0.481 e. The molecular formula is C12H28N2O9. The van der Waals surface area contributed by atoms with Crippen LogP contribution >= 0.6 is 0 Å². The third kappa shape index (κ3) is 2010. The van der Waals surface area contributed by atoms with E-state index in [4.69, 9.17) is 55.8 Å². The van der Waals surface area contributed by atoms with Gasteiger partial charge in [0.2, 0.25) is 0 Å². The molecule has 11 nitrogen and oxygen atoms in total. The lowest BCUT2D eigenvalue weighted by Gasteiger charge is -2.09. The van der Waals surface area contributed by atoms with Crippen LogP contribution in [0, 0.1) is 0 Å². The van der Waals surface area contributed by atoms with Gasteiger partial charge in [-0.05, 0) is 13.8 Å². The van der Waals surface area contributed by atoms with Crippen LogP contribution in [0.5, 0.6) is 0 Å². The largest absolute Gasteiger partial charge is 0.481 e. The van der Waals surface area contributed by atoms with Gasteiger partial charge in [0.05, 0.1) is 0 Å². The highest BCUT2D eigenvalue weighted by molar-refractivity contribution is 5.63. The molecular weight excluding hydrogens is 316 g/mol. The molecule has 0 radical (unpaired) electrons. The van der Waals surface area contributed by atoms with Gasteiger partial charge in [-0.1, -0.05) is 0 Å². The number of aliphatic carboxylic acids is 4. The van der Waals surface area contributed by atoms with E-state index in [1.807, 2.05) is 0 Å². The number of carboxylic acids is 4. The fraction of sp³-hybridized carbons (Fsp3) is 0.667. The Balaban J connectivity index is -0.0000000604. The molecule has 2 unspecified atom stereocenters. The number of carboxylic acid groups (broad SMARTS) is 4. The van der Waals surface area contributed by atoms with E-state index in [1.165, 1.54) is 0 Å². The van der Waals surface area contributed by atoms with E-state index in [0.717, 1.165) is 27.7 Å². The van der Waals surface area contributed by atoms with E-state index in [9.17, 15) is 0 Å². The molecule has 0 amide bonds. The molecule has 0 aromatic heterocycles. The van der Waals surface area contributed by atoms with E-state index >= 15 is 0 Å². The Morgan fingerprint density at radius 2 is 0.739 bits per heavy atom. The third-order valence-corrected chi connectivity index (χ3v) is 0.429. The third-order valence-electron chi connectivity index (χ3n) is 0.429. The SMILES string of the molecule is CC(=O)O.CC(=O)O.CC(=O)O.CC(=O)O.CC(N)OC(C)N. The molecule has 140 valence electrons.